The number of nitrogens with zero attached hydrogens (tertiary/aromatic N) is 2. The normalized spacial score (nSPS) is 25.1. The van der Waals surface area contributed by atoms with Crippen molar-refractivity contribution in [2.75, 3.05) is 39.3 Å². The Morgan fingerprint density at radius 2 is 1.54 bits per heavy atom. The summed E-state index contributed by atoms with van der Waals surface area (Å²) in [6, 6.07) is 2.08. The lowest BCUT2D eigenvalue weighted by Crippen LogP contribution is -2.44. The molecule has 4 heterocycles. The van der Waals surface area contributed by atoms with Crippen molar-refractivity contribution >= 4 is 11.9 Å². The van der Waals surface area contributed by atoms with E-state index in [0.717, 1.165) is 31.5 Å². The van der Waals surface area contributed by atoms with Crippen molar-refractivity contribution in [3.8, 4) is 0 Å². The van der Waals surface area contributed by atoms with Crippen molar-refractivity contribution in [2.24, 2.45) is 11.8 Å². The Balaban J connectivity index is 0.000000257. The van der Waals surface area contributed by atoms with Gasteiger partial charge in [-0.25, -0.2) is 9.59 Å². The maximum atomic E-state index is 10.6. The molecule has 0 aromatic carbocycles. The third-order valence-electron chi connectivity index (χ3n) is 6.00. The second kappa shape index (κ2) is 12.6. The molecule has 4 rings (SSSR count). The highest BCUT2D eigenvalue weighted by Gasteiger charge is 2.42. The number of rotatable bonds is 4. The molecule has 2 N–H and O–H groups in total. The van der Waals surface area contributed by atoms with Gasteiger partial charge in [0.2, 0.25) is 0 Å². The van der Waals surface area contributed by atoms with Crippen LogP contribution < -0.4 is 0 Å². The Hall–Kier alpha value is -2.32. The summed E-state index contributed by atoms with van der Waals surface area (Å²) in [5.74, 6) is -4.00. The Bertz CT molecular complexity index is 771. The summed E-state index contributed by atoms with van der Waals surface area (Å²) in [7, 11) is 0. The van der Waals surface area contributed by atoms with E-state index in [1.54, 1.807) is 6.26 Å². The number of ether oxygens (including phenoxy) is 1. The lowest BCUT2D eigenvalue weighted by molar-refractivity contribution is -0.193. The summed E-state index contributed by atoms with van der Waals surface area (Å²) in [6.45, 7) is 8.10. The molecule has 0 bridgehead atoms. The van der Waals surface area contributed by atoms with E-state index in [1.807, 2.05) is 6.26 Å². The number of carboxylic acid groups (broad SMARTS) is 2. The first-order valence-corrected chi connectivity index (χ1v) is 10.9. The van der Waals surface area contributed by atoms with Gasteiger partial charge in [0.25, 0.3) is 0 Å². The Labute approximate surface area is 197 Å². The van der Waals surface area contributed by atoms with Crippen LogP contribution in [0.1, 0.15) is 24.8 Å². The fourth-order valence-corrected chi connectivity index (χ4v) is 4.29. The summed E-state index contributed by atoms with van der Waals surface area (Å²) >= 11 is 0. The average molecular weight is 518 g/mol. The van der Waals surface area contributed by atoms with Crippen LogP contribution >= 0.6 is 0 Å². The van der Waals surface area contributed by atoms with Gasteiger partial charge in [-0.3, -0.25) is 4.90 Å². The Morgan fingerprint density at radius 3 is 2.03 bits per heavy atom. The molecule has 200 valence electrons. The van der Waals surface area contributed by atoms with Gasteiger partial charge in [-0.2, -0.15) is 26.3 Å². The monoisotopic (exact) mass is 518 g/mol. The number of aliphatic carboxylic acids is 2. The number of halogens is 6. The van der Waals surface area contributed by atoms with E-state index in [9.17, 15) is 26.3 Å². The highest BCUT2D eigenvalue weighted by atomic mass is 19.4. The number of hydrogen-bond acceptors (Lipinski definition) is 6. The molecule has 0 radical (unpaired) electrons. The quantitative estimate of drug-likeness (QED) is 0.585. The van der Waals surface area contributed by atoms with Gasteiger partial charge in [-0.05, 0) is 50.9 Å². The van der Waals surface area contributed by atoms with Crippen LogP contribution in [0.3, 0.4) is 0 Å². The van der Waals surface area contributed by atoms with Crippen LogP contribution in [-0.4, -0.2) is 89.7 Å². The number of hydrogen-bond donors (Lipinski definition) is 2. The fourth-order valence-electron chi connectivity index (χ4n) is 4.29. The molecule has 3 atom stereocenters. The minimum atomic E-state index is -5.08. The van der Waals surface area contributed by atoms with E-state index in [2.05, 4.69) is 15.9 Å². The Kier molecular flexibility index (Phi) is 10.4. The van der Waals surface area contributed by atoms with Crippen molar-refractivity contribution in [3.05, 3.63) is 24.2 Å². The van der Waals surface area contributed by atoms with E-state index in [-0.39, 0.29) is 0 Å². The van der Waals surface area contributed by atoms with Gasteiger partial charge in [0.15, 0.2) is 0 Å². The predicted octanol–water partition coefficient (Wildman–Crippen LogP) is 3.48. The SMILES string of the molecule is O=C(O)C(F)(F)F.O=C(O)C(F)(F)F.c1cc(CN2CC[C@H]3CO[C@H](CN4CCCC4)[C@H]3C2)co1. The summed E-state index contributed by atoms with van der Waals surface area (Å²) in [6.07, 6.45) is -2.03. The molecule has 0 saturated carbocycles. The van der Waals surface area contributed by atoms with Crippen LogP contribution in [0.15, 0.2) is 23.0 Å². The largest absolute Gasteiger partial charge is 0.490 e. The second-order valence-corrected chi connectivity index (χ2v) is 8.56. The van der Waals surface area contributed by atoms with Crippen molar-refractivity contribution < 1.29 is 55.3 Å². The molecule has 8 nitrogen and oxygen atoms in total. The number of piperidine rings is 1. The molecular weight excluding hydrogens is 490 g/mol. The Morgan fingerprint density at radius 1 is 0.971 bits per heavy atom. The first-order chi connectivity index (χ1) is 16.3. The third kappa shape index (κ3) is 9.68. The molecule has 3 aliphatic rings. The minimum absolute atomic E-state index is 0.459. The van der Waals surface area contributed by atoms with Crippen LogP contribution in [0.2, 0.25) is 0 Å². The van der Waals surface area contributed by atoms with E-state index in [4.69, 9.17) is 29.0 Å². The predicted molar refractivity (Wildman–Crippen MR) is 108 cm³/mol. The first-order valence-electron chi connectivity index (χ1n) is 10.9. The molecule has 0 amide bonds. The van der Waals surface area contributed by atoms with Crippen molar-refractivity contribution in [3.63, 3.8) is 0 Å². The van der Waals surface area contributed by atoms with Crippen molar-refractivity contribution in [1.82, 2.24) is 9.80 Å². The molecule has 0 spiro atoms. The van der Waals surface area contributed by atoms with E-state index in [0.29, 0.717) is 6.10 Å². The number of furan rings is 1. The second-order valence-electron chi connectivity index (χ2n) is 8.56. The van der Waals surface area contributed by atoms with E-state index in [1.165, 1.54) is 51.0 Å². The lowest BCUT2D eigenvalue weighted by Gasteiger charge is -2.36. The number of alkyl halides is 6. The maximum Gasteiger partial charge on any atom is 0.490 e. The number of fused-ring (bicyclic) bond motifs is 1. The summed E-state index contributed by atoms with van der Waals surface area (Å²) in [5, 5.41) is 14.2. The first kappa shape index (κ1) is 28.9. The number of likely N-dealkylation sites (tertiary alicyclic amines) is 2. The highest BCUT2D eigenvalue weighted by Crippen LogP contribution is 2.35. The van der Waals surface area contributed by atoms with Crippen molar-refractivity contribution in [1.29, 1.82) is 0 Å². The van der Waals surface area contributed by atoms with Crippen LogP contribution in [0.5, 0.6) is 0 Å². The van der Waals surface area contributed by atoms with Crippen LogP contribution in [0.25, 0.3) is 0 Å². The highest BCUT2D eigenvalue weighted by molar-refractivity contribution is 5.73. The molecule has 3 fully saturated rings. The fraction of sp³-hybridized carbons (Fsp3) is 0.714. The summed E-state index contributed by atoms with van der Waals surface area (Å²) < 4.78 is 74.8. The van der Waals surface area contributed by atoms with Gasteiger partial charge in [0.05, 0.1) is 25.2 Å². The van der Waals surface area contributed by atoms with Crippen LogP contribution in [0, 0.1) is 11.8 Å². The van der Waals surface area contributed by atoms with Crippen LogP contribution in [0.4, 0.5) is 26.3 Å². The molecule has 35 heavy (non-hydrogen) atoms. The van der Waals surface area contributed by atoms with Gasteiger partial charge in [0, 0.05) is 31.1 Å². The van der Waals surface area contributed by atoms with Gasteiger partial charge in [-0.15, -0.1) is 0 Å². The molecule has 1 aromatic heterocycles. The molecule has 0 aliphatic carbocycles. The minimum Gasteiger partial charge on any atom is -0.475 e. The molecule has 1 aromatic rings. The van der Waals surface area contributed by atoms with Gasteiger partial charge >= 0.3 is 24.3 Å². The van der Waals surface area contributed by atoms with Crippen molar-refractivity contribution in [2.45, 2.75) is 44.3 Å². The summed E-state index contributed by atoms with van der Waals surface area (Å²) in [5.41, 5.74) is 1.29. The smallest absolute Gasteiger partial charge is 0.475 e. The lowest BCUT2D eigenvalue weighted by atomic mass is 9.84. The maximum absolute atomic E-state index is 10.6. The molecule has 14 heteroatoms. The zero-order valence-electron chi connectivity index (χ0n) is 18.7. The van der Waals surface area contributed by atoms with E-state index >= 15 is 0 Å². The van der Waals surface area contributed by atoms with E-state index < -0.39 is 24.3 Å². The zero-order chi connectivity index (χ0) is 26.2. The third-order valence-corrected chi connectivity index (χ3v) is 6.00. The summed E-state index contributed by atoms with van der Waals surface area (Å²) in [4.78, 5) is 23.0. The molecule has 3 saturated heterocycles. The van der Waals surface area contributed by atoms with Gasteiger partial charge in [0.1, 0.15) is 0 Å². The van der Waals surface area contributed by atoms with Crippen LogP contribution in [-0.2, 0) is 20.9 Å². The van der Waals surface area contributed by atoms with Gasteiger partial charge in [-0.1, -0.05) is 0 Å². The topological polar surface area (TPSA) is 103 Å². The molecule has 3 aliphatic heterocycles. The molecular formula is C21H28F6N2O6. The van der Waals surface area contributed by atoms with Gasteiger partial charge < -0.3 is 24.3 Å². The average Bonchev–Trinajstić information content (AvgIpc) is 3.51. The molecule has 0 unspecified atom stereocenters. The standard InChI is InChI=1S/C17H26N2O2.2C2HF3O2/c1-2-6-18(5-1)11-17-16-10-19(7-3-15(16)13-21-17)9-14-4-8-20-12-14;2*3-2(4,5)1(6)7/h4,8,12,15-17H,1-3,5-7,9-11,13H2;2*(H,6,7)/t15-,16-,17+;;/m0../s1. The number of carboxylic acids is 2. The number of carbonyl (C=O) groups is 2. The zero-order valence-corrected chi connectivity index (χ0v) is 18.7.